The molecule has 0 bridgehead atoms. The van der Waals surface area contributed by atoms with Crippen LogP contribution in [0.5, 0.6) is 11.5 Å². The molecule has 1 aromatic carbocycles. The van der Waals surface area contributed by atoms with E-state index in [1.165, 1.54) is 39.6 Å². The van der Waals surface area contributed by atoms with Gasteiger partial charge in [0.15, 0.2) is 0 Å². The first-order valence-corrected chi connectivity index (χ1v) is 9.22. The van der Waals surface area contributed by atoms with Crippen molar-refractivity contribution in [1.82, 2.24) is 14.7 Å². The SMILES string of the molecule is COc1ccc(OC)c(S(=O)(=O)N(C)CC(=O)N/N=C\c2cccnc2)c1. The second kappa shape index (κ2) is 9.10. The van der Waals surface area contributed by atoms with Gasteiger partial charge in [0, 0.05) is 31.1 Å². The van der Waals surface area contributed by atoms with Gasteiger partial charge in [-0.3, -0.25) is 9.78 Å². The van der Waals surface area contributed by atoms with Gasteiger partial charge in [0.05, 0.1) is 27.0 Å². The monoisotopic (exact) mass is 392 g/mol. The number of nitrogens with zero attached hydrogens (tertiary/aromatic N) is 3. The van der Waals surface area contributed by atoms with Gasteiger partial charge in [-0.1, -0.05) is 6.07 Å². The van der Waals surface area contributed by atoms with E-state index in [0.717, 1.165) is 4.31 Å². The predicted octanol–water partition coefficient (Wildman–Crippen LogP) is 0.870. The molecule has 0 radical (unpaired) electrons. The lowest BCUT2D eigenvalue weighted by Crippen LogP contribution is -2.36. The minimum absolute atomic E-state index is 0.0986. The van der Waals surface area contributed by atoms with E-state index in [4.69, 9.17) is 9.47 Å². The summed E-state index contributed by atoms with van der Waals surface area (Å²) < 4.78 is 36.6. The summed E-state index contributed by atoms with van der Waals surface area (Å²) in [6, 6.07) is 7.89. The lowest BCUT2D eigenvalue weighted by molar-refractivity contribution is -0.121. The van der Waals surface area contributed by atoms with Crippen molar-refractivity contribution in [2.75, 3.05) is 27.8 Å². The molecule has 0 spiro atoms. The maximum atomic E-state index is 12.8. The number of carbonyl (C=O) groups excluding carboxylic acids is 1. The Labute approximate surface area is 157 Å². The van der Waals surface area contributed by atoms with Crippen molar-refractivity contribution in [3.05, 3.63) is 48.3 Å². The number of carbonyl (C=O) groups is 1. The molecule has 2 aromatic rings. The van der Waals surface area contributed by atoms with Gasteiger partial charge >= 0.3 is 0 Å². The summed E-state index contributed by atoms with van der Waals surface area (Å²) in [6.45, 7) is -0.424. The summed E-state index contributed by atoms with van der Waals surface area (Å²) in [5, 5.41) is 3.78. The minimum Gasteiger partial charge on any atom is -0.497 e. The molecule has 0 atom stereocenters. The molecular weight excluding hydrogens is 372 g/mol. The predicted molar refractivity (Wildman–Crippen MR) is 99.3 cm³/mol. The topological polar surface area (TPSA) is 110 Å². The van der Waals surface area contributed by atoms with E-state index in [1.807, 2.05) is 0 Å². The standard InChI is InChI=1S/C17H20N4O5S/c1-21(12-17(22)20-19-11-13-5-4-8-18-10-13)27(23,24)16-9-14(25-2)6-7-15(16)26-3/h4-11H,12H2,1-3H3,(H,20,22)/b19-11-. The summed E-state index contributed by atoms with van der Waals surface area (Å²) in [5.41, 5.74) is 2.97. The molecule has 1 heterocycles. The molecule has 0 aliphatic carbocycles. The van der Waals surface area contributed by atoms with Gasteiger partial charge in [0.1, 0.15) is 16.4 Å². The number of hydrazone groups is 1. The smallest absolute Gasteiger partial charge is 0.255 e. The van der Waals surface area contributed by atoms with Crippen molar-refractivity contribution in [3.63, 3.8) is 0 Å². The van der Waals surface area contributed by atoms with Crippen molar-refractivity contribution >= 4 is 22.1 Å². The molecule has 0 aliphatic heterocycles. The number of ether oxygens (including phenoxy) is 2. The third kappa shape index (κ3) is 5.25. The first-order chi connectivity index (χ1) is 12.9. The van der Waals surface area contributed by atoms with E-state index in [-0.39, 0.29) is 10.6 Å². The number of rotatable bonds is 8. The van der Waals surface area contributed by atoms with Crippen LogP contribution >= 0.6 is 0 Å². The van der Waals surface area contributed by atoms with Crippen molar-refractivity contribution < 1.29 is 22.7 Å². The number of aromatic nitrogens is 1. The maximum Gasteiger partial charge on any atom is 0.255 e. The molecule has 0 fully saturated rings. The average Bonchev–Trinajstić information content (AvgIpc) is 2.68. The van der Waals surface area contributed by atoms with Crippen LogP contribution in [0.25, 0.3) is 0 Å². The van der Waals surface area contributed by atoms with Crippen LogP contribution in [-0.4, -0.2) is 57.6 Å². The maximum absolute atomic E-state index is 12.8. The first kappa shape index (κ1) is 20.3. The van der Waals surface area contributed by atoms with Gasteiger partial charge in [-0.2, -0.15) is 9.41 Å². The van der Waals surface area contributed by atoms with Crippen LogP contribution in [0.3, 0.4) is 0 Å². The van der Waals surface area contributed by atoms with E-state index >= 15 is 0 Å². The molecule has 0 unspecified atom stereocenters. The van der Waals surface area contributed by atoms with Crippen LogP contribution in [0.15, 0.2) is 52.7 Å². The minimum atomic E-state index is -3.98. The van der Waals surface area contributed by atoms with E-state index in [2.05, 4.69) is 15.5 Å². The van der Waals surface area contributed by atoms with E-state index in [0.29, 0.717) is 11.3 Å². The molecule has 0 saturated heterocycles. The number of hydrogen-bond donors (Lipinski definition) is 1. The van der Waals surface area contributed by atoms with Crippen LogP contribution in [0, 0.1) is 0 Å². The Hall–Kier alpha value is -2.98. The van der Waals surface area contributed by atoms with Crippen molar-refractivity contribution in [2.24, 2.45) is 5.10 Å². The number of benzene rings is 1. The second-order valence-corrected chi connectivity index (χ2v) is 7.37. The normalized spacial score (nSPS) is 11.6. The van der Waals surface area contributed by atoms with Crippen molar-refractivity contribution in [3.8, 4) is 11.5 Å². The summed E-state index contributed by atoms with van der Waals surface area (Å²) >= 11 is 0. The number of methoxy groups -OCH3 is 2. The Morgan fingerprint density at radius 3 is 2.70 bits per heavy atom. The third-order valence-electron chi connectivity index (χ3n) is 3.51. The van der Waals surface area contributed by atoms with Gasteiger partial charge in [-0.15, -0.1) is 0 Å². The summed E-state index contributed by atoms with van der Waals surface area (Å²) in [4.78, 5) is 15.8. The fourth-order valence-electron chi connectivity index (χ4n) is 2.11. The van der Waals surface area contributed by atoms with E-state index in [1.54, 1.807) is 30.6 Å². The van der Waals surface area contributed by atoms with Crippen LogP contribution in [-0.2, 0) is 14.8 Å². The molecule has 144 valence electrons. The highest BCUT2D eigenvalue weighted by atomic mass is 32.2. The van der Waals surface area contributed by atoms with Crippen LogP contribution in [0.4, 0.5) is 0 Å². The number of amides is 1. The molecule has 0 saturated carbocycles. The molecule has 10 heteroatoms. The molecule has 2 rings (SSSR count). The number of sulfonamides is 1. The zero-order valence-electron chi connectivity index (χ0n) is 15.1. The van der Waals surface area contributed by atoms with E-state index < -0.39 is 22.5 Å². The summed E-state index contributed by atoms with van der Waals surface area (Å²) in [5.74, 6) is -0.0889. The number of nitrogens with one attached hydrogen (secondary N) is 1. The fraction of sp³-hybridized carbons (Fsp3) is 0.235. The fourth-order valence-corrected chi connectivity index (χ4v) is 3.40. The van der Waals surface area contributed by atoms with Gasteiger partial charge in [0.25, 0.3) is 5.91 Å². The van der Waals surface area contributed by atoms with Crippen LogP contribution in [0.1, 0.15) is 5.56 Å². The molecular formula is C17H20N4O5S. The van der Waals surface area contributed by atoms with Gasteiger partial charge in [-0.05, 0) is 18.2 Å². The van der Waals surface area contributed by atoms with Crippen molar-refractivity contribution in [2.45, 2.75) is 4.90 Å². The number of likely N-dealkylation sites (N-methyl/N-ethyl adjacent to an activating group) is 1. The molecule has 27 heavy (non-hydrogen) atoms. The Kier molecular flexibility index (Phi) is 6.85. The largest absolute Gasteiger partial charge is 0.497 e. The first-order valence-electron chi connectivity index (χ1n) is 7.78. The Morgan fingerprint density at radius 1 is 1.30 bits per heavy atom. The quantitative estimate of drug-likeness (QED) is 0.527. The molecule has 1 N–H and O–H groups in total. The third-order valence-corrected chi connectivity index (χ3v) is 5.34. The highest BCUT2D eigenvalue weighted by Gasteiger charge is 2.27. The van der Waals surface area contributed by atoms with Gasteiger partial charge in [-0.25, -0.2) is 13.8 Å². The number of hydrogen-bond acceptors (Lipinski definition) is 7. The summed E-state index contributed by atoms with van der Waals surface area (Å²) in [6.07, 6.45) is 4.59. The zero-order valence-corrected chi connectivity index (χ0v) is 15.9. The highest BCUT2D eigenvalue weighted by Crippen LogP contribution is 2.29. The van der Waals surface area contributed by atoms with Crippen molar-refractivity contribution in [1.29, 1.82) is 0 Å². The highest BCUT2D eigenvalue weighted by molar-refractivity contribution is 7.89. The van der Waals surface area contributed by atoms with Crippen LogP contribution in [0.2, 0.25) is 0 Å². The Balaban J connectivity index is 2.08. The molecule has 9 nitrogen and oxygen atoms in total. The molecule has 1 aromatic heterocycles. The Bertz CT molecular complexity index is 916. The van der Waals surface area contributed by atoms with E-state index in [9.17, 15) is 13.2 Å². The second-order valence-electron chi connectivity index (χ2n) is 5.36. The van der Waals surface area contributed by atoms with Crippen LogP contribution < -0.4 is 14.9 Å². The lowest BCUT2D eigenvalue weighted by Gasteiger charge is -2.18. The van der Waals surface area contributed by atoms with Gasteiger partial charge < -0.3 is 9.47 Å². The Morgan fingerprint density at radius 2 is 2.07 bits per heavy atom. The molecule has 1 amide bonds. The molecule has 0 aliphatic rings. The zero-order chi connectivity index (χ0) is 19.9. The lowest BCUT2D eigenvalue weighted by atomic mass is 10.3. The van der Waals surface area contributed by atoms with Gasteiger partial charge in [0.2, 0.25) is 10.0 Å². The average molecular weight is 392 g/mol. The summed E-state index contributed by atoms with van der Waals surface area (Å²) in [7, 11) is 0.0974. The number of pyridine rings is 1.